The molecule has 11 rings (SSSR count). The first kappa shape index (κ1) is 33.2. The lowest BCUT2D eigenvalue weighted by atomic mass is 9.93. The molecule has 9 aromatic carbocycles. The Morgan fingerprint density at radius 2 is 0.789 bits per heavy atom. The van der Waals surface area contributed by atoms with E-state index in [0.717, 1.165) is 22.7 Å². The second-order valence-corrected chi connectivity index (χ2v) is 15.7. The Hall–Kier alpha value is -7.20. The number of rotatable bonds is 7. The van der Waals surface area contributed by atoms with Gasteiger partial charge in [0.2, 0.25) is 0 Å². The quantitative estimate of drug-likeness (QED) is 0.158. The molecule has 0 atom stereocenters. The molecule has 2 heterocycles. The number of thiophene rings is 1. The molecule has 11 aromatic rings. The number of hydrogen-bond donors (Lipinski definition) is 0. The summed E-state index contributed by atoms with van der Waals surface area (Å²) in [6, 6.07) is 79.4. The topological polar surface area (TPSA) is 8.17 Å². The van der Waals surface area contributed by atoms with Gasteiger partial charge in [-0.15, -0.1) is 11.3 Å². The molecule has 0 radical (unpaired) electrons. The summed E-state index contributed by atoms with van der Waals surface area (Å²) in [7, 11) is 0. The molecule has 0 aliphatic heterocycles. The van der Waals surface area contributed by atoms with Crippen molar-refractivity contribution in [3.05, 3.63) is 218 Å². The van der Waals surface area contributed by atoms with Gasteiger partial charge in [-0.3, -0.25) is 0 Å². The van der Waals surface area contributed by atoms with Gasteiger partial charge in [-0.05, 0) is 118 Å². The zero-order valence-corrected chi connectivity index (χ0v) is 31.9. The van der Waals surface area contributed by atoms with Crippen LogP contribution in [0.25, 0.3) is 81.0 Å². The van der Waals surface area contributed by atoms with E-state index < -0.39 is 0 Å². The van der Waals surface area contributed by atoms with Gasteiger partial charge in [-0.2, -0.15) is 0 Å². The minimum absolute atomic E-state index is 1.10. The van der Waals surface area contributed by atoms with Gasteiger partial charge in [-0.1, -0.05) is 133 Å². The summed E-state index contributed by atoms with van der Waals surface area (Å²) in [6.45, 7) is 0. The number of aromatic nitrogens is 1. The zero-order chi connectivity index (χ0) is 37.7. The maximum absolute atomic E-state index is 2.41. The molecule has 0 N–H and O–H groups in total. The number of anilines is 3. The first-order valence-electron chi connectivity index (χ1n) is 19.4. The van der Waals surface area contributed by atoms with Crippen molar-refractivity contribution in [3.63, 3.8) is 0 Å². The molecule has 0 bridgehead atoms. The van der Waals surface area contributed by atoms with Gasteiger partial charge >= 0.3 is 0 Å². The molecule has 0 aliphatic rings. The molecule has 0 unspecified atom stereocenters. The smallest absolute Gasteiger partial charge is 0.0542 e. The summed E-state index contributed by atoms with van der Waals surface area (Å²) in [5, 5.41) is 5.06. The van der Waals surface area contributed by atoms with E-state index in [2.05, 4.69) is 228 Å². The van der Waals surface area contributed by atoms with Gasteiger partial charge in [-0.25, -0.2) is 0 Å². The third-order valence-electron chi connectivity index (χ3n) is 11.2. The van der Waals surface area contributed by atoms with Crippen LogP contribution in [-0.2, 0) is 0 Å². The lowest BCUT2D eigenvalue weighted by Gasteiger charge is -2.26. The van der Waals surface area contributed by atoms with Crippen molar-refractivity contribution in [2.75, 3.05) is 4.90 Å². The average molecular weight is 745 g/mol. The molecule has 0 saturated carbocycles. The largest absolute Gasteiger partial charge is 0.310 e. The van der Waals surface area contributed by atoms with Crippen molar-refractivity contribution in [2.24, 2.45) is 0 Å². The second kappa shape index (κ2) is 13.8. The van der Waals surface area contributed by atoms with E-state index in [0.29, 0.717) is 0 Å². The van der Waals surface area contributed by atoms with E-state index in [4.69, 9.17) is 0 Å². The summed E-state index contributed by atoms with van der Waals surface area (Å²) in [4.78, 5) is 2.41. The molecular weight excluding hydrogens is 709 g/mol. The Kier molecular flexibility index (Phi) is 8.04. The van der Waals surface area contributed by atoms with Crippen molar-refractivity contribution in [2.45, 2.75) is 0 Å². The van der Waals surface area contributed by atoms with Gasteiger partial charge in [0.05, 0.1) is 11.0 Å². The second-order valence-electron chi connectivity index (χ2n) is 14.6. The summed E-state index contributed by atoms with van der Waals surface area (Å²) < 4.78 is 4.97. The average Bonchev–Trinajstić information content (AvgIpc) is 3.83. The van der Waals surface area contributed by atoms with Crippen LogP contribution in [0.2, 0.25) is 0 Å². The highest BCUT2D eigenvalue weighted by atomic mass is 32.1. The van der Waals surface area contributed by atoms with Crippen LogP contribution < -0.4 is 4.90 Å². The molecule has 0 amide bonds. The highest BCUT2D eigenvalue weighted by Gasteiger charge is 2.19. The minimum atomic E-state index is 1.10. The summed E-state index contributed by atoms with van der Waals surface area (Å²) in [6.07, 6.45) is 0. The lowest BCUT2D eigenvalue weighted by Crippen LogP contribution is -2.09. The van der Waals surface area contributed by atoms with E-state index >= 15 is 0 Å². The summed E-state index contributed by atoms with van der Waals surface area (Å²) in [5.74, 6) is 0. The highest BCUT2D eigenvalue weighted by Crippen LogP contribution is 2.43. The molecule has 0 spiro atoms. The first-order valence-corrected chi connectivity index (χ1v) is 20.2. The first-order chi connectivity index (χ1) is 28.2. The Balaban J connectivity index is 1.07. The van der Waals surface area contributed by atoms with Crippen LogP contribution >= 0.6 is 11.3 Å². The predicted octanol–water partition coefficient (Wildman–Crippen LogP) is 15.6. The molecular formula is C54H36N2S. The van der Waals surface area contributed by atoms with E-state index in [1.165, 1.54) is 75.4 Å². The van der Waals surface area contributed by atoms with Gasteiger partial charge < -0.3 is 9.47 Å². The fourth-order valence-electron chi connectivity index (χ4n) is 8.45. The molecule has 0 aliphatic carbocycles. The van der Waals surface area contributed by atoms with E-state index in [1.54, 1.807) is 0 Å². The molecule has 3 heteroatoms. The van der Waals surface area contributed by atoms with Crippen LogP contribution in [-0.4, -0.2) is 4.57 Å². The fraction of sp³-hybridized carbons (Fsp3) is 0. The van der Waals surface area contributed by atoms with Crippen LogP contribution in [0.1, 0.15) is 0 Å². The van der Waals surface area contributed by atoms with Crippen LogP contribution in [0.5, 0.6) is 0 Å². The van der Waals surface area contributed by atoms with Crippen molar-refractivity contribution < 1.29 is 0 Å². The Bertz CT molecular complexity index is 3160. The number of hydrogen-bond acceptors (Lipinski definition) is 2. The molecule has 268 valence electrons. The Morgan fingerprint density at radius 1 is 0.298 bits per heavy atom. The van der Waals surface area contributed by atoms with Gasteiger partial charge in [0.1, 0.15) is 0 Å². The molecule has 2 nitrogen and oxygen atoms in total. The van der Waals surface area contributed by atoms with E-state index in [1.807, 2.05) is 11.3 Å². The number of para-hydroxylation sites is 2. The van der Waals surface area contributed by atoms with Crippen molar-refractivity contribution in [1.29, 1.82) is 0 Å². The van der Waals surface area contributed by atoms with Crippen LogP contribution in [0.3, 0.4) is 0 Å². The number of benzene rings is 9. The van der Waals surface area contributed by atoms with E-state index in [-0.39, 0.29) is 0 Å². The van der Waals surface area contributed by atoms with Crippen molar-refractivity contribution in [1.82, 2.24) is 4.57 Å². The van der Waals surface area contributed by atoms with Crippen molar-refractivity contribution in [3.8, 4) is 39.1 Å². The fourth-order valence-corrected chi connectivity index (χ4v) is 9.59. The zero-order valence-electron chi connectivity index (χ0n) is 31.1. The summed E-state index contributed by atoms with van der Waals surface area (Å²) >= 11 is 1.86. The monoisotopic (exact) mass is 744 g/mol. The van der Waals surface area contributed by atoms with Crippen LogP contribution in [0, 0.1) is 0 Å². The molecule has 0 saturated heterocycles. The maximum atomic E-state index is 2.41. The lowest BCUT2D eigenvalue weighted by molar-refractivity contribution is 1.18. The van der Waals surface area contributed by atoms with Gasteiger partial charge in [0.15, 0.2) is 0 Å². The van der Waals surface area contributed by atoms with Crippen molar-refractivity contribution >= 4 is 70.4 Å². The Morgan fingerprint density at radius 3 is 1.47 bits per heavy atom. The number of nitrogens with zero attached hydrogens (tertiary/aromatic N) is 2. The highest BCUT2D eigenvalue weighted by molar-refractivity contribution is 7.25. The van der Waals surface area contributed by atoms with Gasteiger partial charge in [0, 0.05) is 53.7 Å². The standard InChI is InChI=1S/C54H36N2S/c1-4-14-37(15-5-1)40-32-41(38-16-6-2-7-17-38)34-42(33-40)39-24-26-44(27-25-39)55(46-28-30-49-48-21-11-13-23-53(48)57-54(49)36-46)45-29-31-52-50(35-45)47-20-10-12-22-51(47)56(52)43-18-8-3-9-19-43/h1-36H. The molecule has 0 fully saturated rings. The Labute approximate surface area is 335 Å². The molecule has 57 heavy (non-hydrogen) atoms. The van der Waals surface area contributed by atoms with Crippen LogP contribution in [0.15, 0.2) is 218 Å². The number of fused-ring (bicyclic) bond motifs is 6. The maximum Gasteiger partial charge on any atom is 0.0542 e. The normalized spacial score (nSPS) is 11.5. The summed E-state index contributed by atoms with van der Waals surface area (Å²) in [5.41, 5.74) is 14.1. The minimum Gasteiger partial charge on any atom is -0.310 e. The predicted molar refractivity (Wildman–Crippen MR) is 245 cm³/mol. The van der Waals surface area contributed by atoms with E-state index in [9.17, 15) is 0 Å². The van der Waals surface area contributed by atoms with Gasteiger partial charge in [0.25, 0.3) is 0 Å². The SMILES string of the molecule is c1ccc(-c2cc(-c3ccccc3)cc(-c3ccc(N(c4ccc5c(c4)sc4ccccc45)c4ccc5c(c4)c4ccccc4n5-c4ccccc4)cc3)c2)cc1. The third kappa shape index (κ3) is 5.88. The third-order valence-corrected chi connectivity index (χ3v) is 12.3. The van der Waals surface area contributed by atoms with Crippen LogP contribution in [0.4, 0.5) is 17.1 Å². The molecule has 2 aromatic heterocycles.